The molecule has 1 rings (SSSR count). The molecule has 2 atom stereocenters. The molecule has 1 aromatic heterocycles. The number of thiophene rings is 1. The Bertz CT molecular complexity index is 340. The summed E-state index contributed by atoms with van der Waals surface area (Å²) in [6.45, 7) is 3.88. The normalized spacial score (nSPS) is 14.7. The molecule has 0 aromatic carbocycles. The van der Waals surface area contributed by atoms with Gasteiger partial charge in [0.25, 0.3) is 5.91 Å². The molecule has 2 nitrogen and oxygen atoms in total. The second-order valence-corrected chi connectivity index (χ2v) is 6.70. The lowest BCUT2D eigenvalue weighted by molar-refractivity contribution is 0.0942. The highest BCUT2D eigenvalue weighted by Crippen LogP contribution is 2.22. The molecule has 84 valence electrons. The molecule has 0 spiro atoms. The molecule has 0 aliphatic heterocycles. The van der Waals surface area contributed by atoms with Crippen molar-refractivity contribution in [3.8, 4) is 0 Å². The Hall–Kier alpha value is -0.0600. The SMILES string of the molecule is CC(Cl)CC(C)NC(=O)c1ccc(Br)s1. The van der Waals surface area contributed by atoms with Crippen LogP contribution in [0, 0.1) is 0 Å². The number of carbonyl (C=O) groups excluding carboxylic acids is 1. The molecule has 0 bridgehead atoms. The smallest absolute Gasteiger partial charge is 0.261 e. The highest BCUT2D eigenvalue weighted by Gasteiger charge is 2.12. The Kier molecular flexibility index (Phi) is 5.09. The van der Waals surface area contributed by atoms with E-state index < -0.39 is 0 Å². The topological polar surface area (TPSA) is 29.1 Å². The van der Waals surface area contributed by atoms with Crippen molar-refractivity contribution in [2.45, 2.75) is 31.7 Å². The zero-order valence-corrected chi connectivity index (χ0v) is 11.7. The minimum Gasteiger partial charge on any atom is -0.349 e. The first-order valence-corrected chi connectivity index (χ1v) is 6.74. The van der Waals surface area contributed by atoms with Gasteiger partial charge in [0.2, 0.25) is 0 Å². The quantitative estimate of drug-likeness (QED) is 0.845. The van der Waals surface area contributed by atoms with Gasteiger partial charge in [0, 0.05) is 11.4 Å². The first-order valence-electron chi connectivity index (χ1n) is 4.69. The summed E-state index contributed by atoms with van der Waals surface area (Å²) < 4.78 is 0.964. The standard InChI is InChI=1S/C10H13BrClNOS/c1-6(12)5-7(2)13-10(14)8-3-4-9(11)15-8/h3-4,6-7H,5H2,1-2H3,(H,13,14). The fourth-order valence-corrected chi connectivity index (χ4v) is 2.83. The lowest BCUT2D eigenvalue weighted by Gasteiger charge is -2.14. The highest BCUT2D eigenvalue weighted by molar-refractivity contribution is 9.11. The first-order chi connectivity index (χ1) is 6.99. The van der Waals surface area contributed by atoms with Crippen molar-refractivity contribution in [1.82, 2.24) is 5.32 Å². The predicted octanol–water partition coefficient (Wildman–Crippen LogP) is 3.65. The summed E-state index contributed by atoms with van der Waals surface area (Å²) in [6.07, 6.45) is 0.778. The Labute approximate surface area is 107 Å². The summed E-state index contributed by atoms with van der Waals surface area (Å²) in [5.41, 5.74) is 0. The molecule has 0 aliphatic rings. The third-order valence-corrected chi connectivity index (χ3v) is 3.65. The van der Waals surface area contributed by atoms with Crippen LogP contribution < -0.4 is 5.32 Å². The summed E-state index contributed by atoms with van der Waals surface area (Å²) >= 11 is 10.6. The Morgan fingerprint density at radius 1 is 1.60 bits per heavy atom. The van der Waals surface area contributed by atoms with Gasteiger partial charge in [0.1, 0.15) is 0 Å². The van der Waals surface area contributed by atoms with E-state index in [1.807, 2.05) is 19.9 Å². The minimum atomic E-state index is -0.0319. The van der Waals surface area contributed by atoms with Crippen molar-refractivity contribution in [3.63, 3.8) is 0 Å². The van der Waals surface area contributed by atoms with Gasteiger partial charge in [-0.25, -0.2) is 0 Å². The molecule has 1 amide bonds. The monoisotopic (exact) mass is 309 g/mol. The molecular formula is C10H13BrClNOS. The number of alkyl halides is 1. The van der Waals surface area contributed by atoms with E-state index in [9.17, 15) is 4.79 Å². The van der Waals surface area contributed by atoms with Crippen LogP contribution in [0.1, 0.15) is 29.9 Å². The molecule has 15 heavy (non-hydrogen) atoms. The number of halogens is 2. The number of carbonyl (C=O) groups is 1. The largest absolute Gasteiger partial charge is 0.349 e. The number of amides is 1. The summed E-state index contributed by atoms with van der Waals surface area (Å²) in [5, 5.41) is 2.99. The summed E-state index contributed by atoms with van der Waals surface area (Å²) in [7, 11) is 0. The predicted molar refractivity (Wildman–Crippen MR) is 68.9 cm³/mol. The van der Waals surface area contributed by atoms with Crippen molar-refractivity contribution in [2.75, 3.05) is 0 Å². The van der Waals surface area contributed by atoms with E-state index in [-0.39, 0.29) is 17.3 Å². The van der Waals surface area contributed by atoms with Crippen LogP contribution in [0.15, 0.2) is 15.9 Å². The number of nitrogens with one attached hydrogen (secondary N) is 1. The third kappa shape index (κ3) is 4.53. The van der Waals surface area contributed by atoms with Gasteiger partial charge in [-0.3, -0.25) is 4.79 Å². The van der Waals surface area contributed by atoms with Crippen molar-refractivity contribution in [2.24, 2.45) is 0 Å². The van der Waals surface area contributed by atoms with E-state index in [1.54, 1.807) is 6.07 Å². The zero-order chi connectivity index (χ0) is 11.4. The van der Waals surface area contributed by atoms with Crippen LogP contribution in [0.25, 0.3) is 0 Å². The van der Waals surface area contributed by atoms with Gasteiger partial charge in [-0.05, 0) is 48.3 Å². The lowest BCUT2D eigenvalue weighted by atomic mass is 10.2. The molecular weight excluding hydrogens is 298 g/mol. The Morgan fingerprint density at radius 3 is 2.73 bits per heavy atom. The molecule has 5 heteroatoms. The maximum absolute atomic E-state index is 11.7. The van der Waals surface area contributed by atoms with Gasteiger partial charge < -0.3 is 5.32 Å². The van der Waals surface area contributed by atoms with E-state index in [4.69, 9.17) is 11.6 Å². The van der Waals surface area contributed by atoms with E-state index in [1.165, 1.54) is 11.3 Å². The number of hydrogen-bond donors (Lipinski definition) is 1. The second kappa shape index (κ2) is 5.87. The van der Waals surface area contributed by atoms with Crippen molar-refractivity contribution < 1.29 is 4.79 Å². The Balaban J connectivity index is 2.49. The highest BCUT2D eigenvalue weighted by atomic mass is 79.9. The van der Waals surface area contributed by atoms with Crippen LogP contribution in [-0.4, -0.2) is 17.3 Å². The summed E-state index contributed by atoms with van der Waals surface area (Å²) in [6, 6.07) is 3.78. The van der Waals surface area contributed by atoms with Crippen molar-refractivity contribution in [3.05, 3.63) is 20.8 Å². The van der Waals surface area contributed by atoms with Crippen LogP contribution in [0.5, 0.6) is 0 Å². The first kappa shape index (κ1) is 13.0. The van der Waals surface area contributed by atoms with Crippen molar-refractivity contribution in [1.29, 1.82) is 0 Å². The maximum atomic E-state index is 11.7. The van der Waals surface area contributed by atoms with Gasteiger partial charge in [-0.2, -0.15) is 0 Å². The van der Waals surface area contributed by atoms with Gasteiger partial charge in [0.15, 0.2) is 0 Å². The van der Waals surface area contributed by atoms with Crippen LogP contribution >= 0.6 is 38.9 Å². The number of hydrogen-bond acceptors (Lipinski definition) is 2. The van der Waals surface area contributed by atoms with Crippen LogP contribution in [-0.2, 0) is 0 Å². The molecule has 0 fully saturated rings. The molecule has 0 saturated heterocycles. The van der Waals surface area contributed by atoms with Crippen LogP contribution in [0.4, 0.5) is 0 Å². The van der Waals surface area contributed by atoms with Crippen LogP contribution in [0.3, 0.4) is 0 Å². The molecule has 1 aromatic rings. The summed E-state index contributed by atoms with van der Waals surface area (Å²) in [4.78, 5) is 12.4. The molecule has 1 N–H and O–H groups in total. The molecule has 0 aliphatic carbocycles. The van der Waals surface area contributed by atoms with E-state index in [2.05, 4.69) is 21.2 Å². The fraction of sp³-hybridized carbons (Fsp3) is 0.500. The maximum Gasteiger partial charge on any atom is 0.261 e. The minimum absolute atomic E-state index is 0.0319. The zero-order valence-electron chi connectivity index (χ0n) is 8.59. The van der Waals surface area contributed by atoms with E-state index >= 15 is 0 Å². The van der Waals surface area contributed by atoms with Gasteiger partial charge in [-0.1, -0.05) is 0 Å². The van der Waals surface area contributed by atoms with Gasteiger partial charge >= 0.3 is 0 Å². The summed E-state index contributed by atoms with van der Waals surface area (Å²) in [5.74, 6) is -0.0319. The van der Waals surface area contributed by atoms with E-state index in [0.717, 1.165) is 15.1 Å². The molecule has 0 radical (unpaired) electrons. The van der Waals surface area contributed by atoms with Crippen LogP contribution in [0.2, 0.25) is 0 Å². The molecule has 1 heterocycles. The second-order valence-electron chi connectivity index (χ2n) is 3.49. The lowest BCUT2D eigenvalue weighted by Crippen LogP contribution is -2.33. The average molecular weight is 311 g/mol. The van der Waals surface area contributed by atoms with E-state index in [0.29, 0.717) is 0 Å². The third-order valence-electron chi connectivity index (χ3n) is 1.85. The Morgan fingerprint density at radius 2 is 2.27 bits per heavy atom. The van der Waals surface area contributed by atoms with Gasteiger partial charge in [-0.15, -0.1) is 22.9 Å². The van der Waals surface area contributed by atoms with Gasteiger partial charge in [0.05, 0.1) is 8.66 Å². The molecule has 2 unspecified atom stereocenters. The van der Waals surface area contributed by atoms with Crippen molar-refractivity contribution >= 4 is 44.8 Å². The number of rotatable bonds is 4. The molecule has 0 saturated carbocycles. The fourth-order valence-electron chi connectivity index (χ4n) is 1.28. The average Bonchev–Trinajstić information content (AvgIpc) is 2.49.